The fourth-order valence-corrected chi connectivity index (χ4v) is 4.49. The molecule has 1 aliphatic carbocycles. The lowest BCUT2D eigenvalue weighted by atomic mass is 9.95. The van der Waals surface area contributed by atoms with Crippen LogP contribution in [0.15, 0.2) is 24.5 Å². The molecule has 0 radical (unpaired) electrons. The predicted molar refractivity (Wildman–Crippen MR) is 112 cm³/mol. The fraction of sp³-hybridized carbons (Fsp3) is 0.500. The molecule has 1 saturated carbocycles. The molecule has 1 amide bonds. The van der Waals surface area contributed by atoms with E-state index in [0.29, 0.717) is 11.7 Å². The van der Waals surface area contributed by atoms with Crippen LogP contribution in [0.25, 0.3) is 11.0 Å². The summed E-state index contributed by atoms with van der Waals surface area (Å²) in [6.45, 7) is 8.31. The molecule has 3 aromatic rings. The second kappa shape index (κ2) is 7.41. The van der Waals surface area contributed by atoms with Gasteiger partial charge in [-0.25, -0.2) is 9.67 Å². The number of rotatable bonds is 4. The molecular weight excluding hydrogens is 350 g/mol. The Kier molecular flexibility index (Phi) is 4.96. The number of nitrogens with zero attached hydrogens (tertiary/aromatic N) is 4. The first-order chi connectivity index (χ1) is 13.5. The lowest BCUT2D eigenvalue weighted by molar-refractivity contribution is 0.102. The van der Waals surface area contributed by atoms with Crippen molar-refractivity contribution in [3.8, 4) is 0 Å². The van der Waals surface area contributed by atoms with Crippen LogP contribution in [0.2, 0.25) is 0 Å². The van der Waals surface area contributed by atoms with Gasteiger partial charge in [0.15, 0.2) is 5.65 Å². The molecule has 0 unspecified atom stereocenters. The number of fused-ring (bicyclic) bond motifs is 1. The largest absolute Gasteiger partial charge is 0.345 e. The molecule has 0 spiro atoms. The highest BCUT2D eigenvalue weighted by Gasteiger charge is 2.22. The van der Waals surface area contributed by atoms with Crippen molar-refractivity contribution in [1.29, 1.82) is 0 Å². The third-order valence-electron chi connectivity index (χ3n) is 5.85. The SMILES string of the molecule is Cc1cc(C(=O)Nc2cnc3c(cnn3C(C)C)c2)c(C)n1C1CCCCC1. The Morgan fingerprint density at radius 1 is 1.14 bits per heavy atom. The zero-order chi connectivity index (χ0) is 19.8. The first-order valence-electron chi connectivity index (χ1n) is 10.3. The summed E-state index contributed by atoms with van der Waals surface area (Å²) in [5.41, 5.74) is 4.51. The second-order valence-corrected chi connectivity index (χ2v) is 8.22. The van der Waals surface area contributed by atoms with Crippen molar-refractivity contribution in [2.45, 2.75) is 71.9 Å². The molecule has 0 bridgehead atoms. The molecule has 0 aliphatic heterocycles. The molecular formula is C22H29N5O. The minimum atomic E-state index is -0.0763. The first kappa shape index (κ1) is 18.7. The summed E-state index contributed by atoms with van der Waals surface area (Å²) >= 11 is 0. The van der Waals surface area contributed by atoms with Gasteiger partial charge in [0.25, 0.3) is 5.91 Å². The van der Waals surface area contributed by atoms with Gasteiger partial charge in [-0.05, 0) is 52.7 Å². The van der Waals surface area contributed by atoms with E-state index in [1.165, 1.54) is 37.8 Å². The minimum Gasteiger partial charge on any atom is -0.345 e. The van der Waals surface area contributed by atoms with E-state index in [1.807, 2.05) is 16.8 Å². The number of carbonyl (C=O) groups is 1. The molecule has 28 heavy (non-hydrogen) atoms. The standard InChI is InChI=1S/C22H29N5O/c1-14(2)27-21-17(12-24-27)11-18(13-23-21)25-22(28)20-10-15(3)26(16(20)4)19-8-6-5-7-9-19/h10-14,19H,5-9H2,1-4H3,(H,25,28). The molecule has 148 valence electrons. The molecule has 0 saturated heterocycles. The van der Waals surface area contributed by atoms with Gasteiger partial charge >= 0.3 is 0 Å². The Hall–Kier alpha value is -2.63. The van der Waals surface area contributed by atoms with E-state index in [9.17, 15) is 4.79 Å². The quantitative estimate of drug-likeness (QED) is 0.678. The maximum atomic E-state index is 13.0. The van der Waals surface area contributed by atoms with Gasteiger partial charge in [0, 0.05) is 28.9 Å². The molecule has 1 aliphatic rings. The summed E-state index contributed by atoms with van der Waals surface area (Å²) in [6.07, 6.45) is 9.80. The fourth-order valence-electron chi connectivity index (χ4n) is 4.49. The van der Waals surface area contributed by atoms with Crippen LogP contribution >= 0.6 is 0 Å². The van der Waals surface area contributed by atoms with E-state index in [4.69, 9.17) is 0 Å². The number of aromatic nitrogens is 4. The molecule has 1 fully saturated rings. The van der Waals surface area contributed by atoms with Crippen LogP contribution in [0.1, 0.15) is 79.8 Å². The Labute approximate surface area is 166 Å². The number of pyridine rings is 1. The smallest absolute Gasteiger partial charge is 0.257 e. The number of anilines is 1. The summed E-state index contributed by atoms with van der Waals surface area (Å²) in [6, 6.07) is 4.72. The lowest BCUT2D eigenvalue weighted by Crippen LogP contribution is -2.17. The van der Waals surface area contributed by atoms with E-state index >= 15 is 0 Å². The summed E-state index contributed by atoms with van der Waals surface area (Å²) < 4.78 is 4.25. The Morgan fingerprint density at radius 2 is 1.89 bits per heavy atom. The molecule has 4 rings (SSSR count). The van der Waals surface area contributed by atoms with Crippen molar-refractivity contribution >= 4 is 22.6 Å². The number of aryl methyl sites for hydroxylation is 1. The summed E-state index contributed by atoms with van der Waals surface area (Å²) in [5, 5.41) is 8.34. The topological polar surface area (TPSA) is 64.7 Å². The third-order valence-corrected chi connectivity index (χ3v) is 5.85. The van der Waals surface area contributed by atoms with E-state index < -0.39 is 0 Å². The van der Waals surface area contributed by atoms with Gasteiger partial charge in [-0.15, -0.1) is 0 Å². The van der Waals surface area contributed by atoms with E-state index in [1.54, 1.807) is 12.4 Å². The summed E-state index contributed by atoms with van der Waals surface area (Å²) in [5.74, 6) is -0.0763. The van der Waals surface area contributed by atoms with Crippen LogP contribution in [-0.2, 0) is 0 Å². The van der Waals surface area contributed by atoms with Crippen LogP contribution in [0, 0.1) is 13.8 Å². The highest BCUT2D eigenvalue weighted by molar-refractivity contribution is 6.05. The average molecular weight is 380 g/mol. The summed E-state index contributed by atoms with van der Waals surface area (Å²) in [7, 11) is 0. The van der Waals surface area contributed by atoms with Gasteiger partial charge in [-0.3, -0.25) is 4.79 Å². The molecule has 6 nitrogen and oxygen atoms in total. The lowest BCUT2D eigenvalue weighted by Gasteiger charge is -2.26. The van der Waals surface area contributed by atoms with Crippen LogP contribution in [0.5, 0.6) is 0 Å². The van der Waals surface area contributed by atoms with Crippen LogP contribution < -0.4 is 5.32 Å². The van der Waals surface area contributed by atoms with Gasteiger partial charge in [0.05, 0.1) is 23.6 Å². The van der Waals surface area contributed by atoms with Gasteiger partial charge in [0.2, 0.25) is 0 Å². The van der Waals surface area contributed by atoms with Gasteiger partial charge in [0.1, 0.15) is 0 Å². The maximum Gasteiger partial charge on any atom is 0.257 e. The predicted octanol–water partition coefficient (Wildman–Crippen LogP) is 5.19. The van der Waals surface area contributed by atoms with Gasteiger partial charge in [-0.2, -0.15) is 5.10 Å². The Bertz CT molecular complexity index is 1010. The average Bonchev–Trinajstić information content (AvgIpc) is 3.22. The maximum absolute atomic E-state index is 13.0. The molecule has 0 atom stereocenters. The van der Waals surface area contributed by atoms with Crippen LogP contribution in [-0.4, -0.2) is 25.2 Å². The number of carbonyl (C=O) groups excluding carboxylic acids is 1. The zero-order valence-corrected chi connectivity index (χ0v) is 17.2. The van der Waals surface area contributed by atoms with Crippen LogP contribution in [0.4, 0.5) is 5.69 Å². The number of hydrogen-bond donors (Lipinski definition) is 1. The molecule has 1 N–H and O–H groups in total. The van der Waals surface area contributed by atoms with Crippen molar-refractivity contribution in [2.75, 3.05) is 5.32 Å². The minimum absolute atomic E-state index is 0.0763. The molecule has 0 aromatic carbocycles. The Morgan fingerprint density at radius 3 is 2.61 bits per heavy atom. The van der Waals surface area contributed by atoms with Crippen molar-refractivity contribution in [3.63, 3.8) is 0 Å². The summed E-state index contributed by atoms with van der Waals surface area (Å²) in [4.78, 5) is 17.5. The van der Waals surface area contributed by atoms with Crippen molar-refractivity contribution in [1.82, 2.24) is 19.3 Å². The number of hydrogen-bond acceptors (Lipinski definition) is 3. The Balaban J connectivity index is 1.58. The van der Waals surface area contributed by atoms with E-state index in [-0.39, 0.29) is 11.9 Å². The van der Waals surface area contributed by atoms with Gasteiger partial charge in [-0.1, -0.05) is 19.3 Å². The normalized spacial score (nSPS) is 15.5. The highest BCUT2D eigenvalue weighted by Crippen LogP contribution is 2.32. The van der Waals surface area contributed by atoms with Crippen LogP contribution in [0.3, 0.4) is 0 Å². The second-order valence-electron chi connectivity index (χ2n) is 8.22. The third kappa shape index (κ3) is 3.32. The van der Waals surface area contributed by atoms with Crippen molar-refractivity contribution in [2.24, 2.45) is 0 Å². The number of nitrogens with one attached hydrogen (secondary N) is 1. The van der Waals surface area contributed by atoms with E-state index in [2.05, 4.69) is 47.7 Å². The number of amides is 1. The zero-order valence-electron chi connectivity index (χ0n) is 17.2. The first-order valence-corrected chi connectivity index (χ1v) is 10.3. The van der Waals surface area contributed by atoms with Gasteiger partial charge < -0.3 is 9.88 Å². The molecule has 3 aromatic heterocycles. The molecule has 3 heterocycles. The van der Waals surface area contributed by atoms with E-state index in [0.717, 1.165) is 22.3 Å². The monoisotopic (exact) mass is 379 g/mol. The van der Waals surface area contributed by atoms with Crippen molar-refractivity contribution < 1.29 is 4.79 Å². The highest BCUT2D eigenvalue weighted by atomic mass is 16.1. The van der Waals surface area contributed by atoms with Crippen molar-refractivity contribution in [3.05, 3.63) is 41.5 Å². The molecule has 6 heteroatoms.